The molecule has 5 nitrogen and oxygen atoms in total. The van der Waals surface area contributed by atoms with E-state index in [-0.39, 0.29) is 17.9 Å². The zero-order valence-electron chi connectivity index (χ0n) is 10.8. The minimum atomic E-state index is -0.129. The summed E-state index contributed by atoms with van der Waals surface area (Å²) >= 11 is 0. The van der Waals surface area contributed by atoms with Gasteiger partial charge in [-0.2, -0.15) is 0 Å². The molecule has 3 atom stereocenters. The van der Waals surface area contributed by atoms with Gasteiger partial charge in [-0.15, -0.1) is 0 Å². The SMILES string of the molecule is CN(C)C1CCCN(C(=O)C2COCC2N)C1. The van der Waals surface area contributed by atoms with Crippen molar-refractivity contribution in [2.24, 2.45) is 11.7 Å². The van der Waals surface area contributed by atoms with Gasteiger partial charge in [-0.25, -0.2) is 0 Å². The van der Waals surface area contributed by atoms with Crippen LogP contribution in [0.2, 0.25) is 0 Å². The first-order chi connectivity index (χ1) is 8.09. The van der Waals surface area contributed by atoms with Crippen LogP contribution in [0.3, 0.4) is 0 Å². The smallest absolute Gasteiger partial charge is 0.229 e. The molecule has 2 fully saturated rings. The van der Waals surface area contributed by atoms with E-state index < -0.39 is 0 Å². The van der Waals surface area contributed by atoms with Gasteiger partial charge in [0.2, 0.25) is 5.91 Å². The molecule has 0 aromatic rings. The van der Waals surface area contributed by atoms with Crippen LogP contribution in [0, 0.1) is 5.92 Å². The first-order valence-electron chi connectivity index (χ1n) is 6.38. The topological polar surface area (TPSA) is 58.8 Å². The molecule has 5 heteroatoms. The molecule has 17 heavy (non-hydrogen) atoms. The Labute approximate surface area is 103 Å². The second-order valence-electron chi connectivity index (χ2n) is 5.35. The lowest BCUT2D eigenvalue weighted by molar-refractivity contribution is -0.137. The number of nitrogens with zero attached hydrogens (tertiary/aromatic N) is 2. The van der Waals surface area contributed by atoms with Gasteiger partial charge in [0.25, 0.3) is 0 Å². The van der Waals surface area contributed by atoms with Crippen molar-refractivity contribution in [2.75, 3.05) is 40.4 Å². The van der Waals surface area contributed by atoms with E-state index in [1.54, 1.807) is 0 Å². The highest BCUT2D eigenvalue weighted by Gasteiger charge is 2.36. The monoisotopic (exact) mass is 241 g/mol. The molecule has 1 amide bonds. The van der Waals surface area contributed by atoms with Crippen LogP contribution in [-0.4, -0.2) is 68.2 Å². The fourth-order valence-corrected chi connectivity index (χ4v) is 2.64. The van der Waals surface area contributed by atoms with Crippen LogP contribution in [0.5, 0.6) is 0 Å². The average Bonchev–Trinajstić information content (AvgIpc) is 2.74. The van der Waals surface area contributed by atoms with Gasteiger partial charge in [0.15, 0.2) is 0 Å². The first kappa shape index (κ1) is 12.8. The zero-order valence-corrected chi connectivity index (χ0v) is 10.8. The number of rotatable bonds is 2. The van der Waals surface area contributed by atoms with E-state index in [2.05, 4.69) is 19.0 Å². The molecular weight excluding hydrogens is 218 g/mol. The van der Waals surface area contributed by atoms with Gasteiger partial charge in [0, 0.05) is 25.2 Å². The Hall–Kier alpha value is -0.650. The highest BCUT2D eigenvalue weighted by Crippen LogP contribution is 2.20. The van der Waals surface area contributed by atoms with Gasteiger partial charge < -0.3 is 20.3 Å². The summed E-state index contributed by atoms with van der Waals surface area (Å²) in [6, 6.07) is 0.355. The molecule has 2 N–H and O–H groups in total. The number of hydrogen-bond acceptors (Lipinski definition) is 4. The zero-order chi connectivity index (χ0) is 12.4. The van der Waals surface area contributed by atoms with Crippen molar-refractivity contribution in [1.82, 2.24) is 9.80 Å². The summed E-state index contributed by atoms with van der Waals surface area (Å²) in [4.78, 5) is 16.5. The number of carbonyl (C=O) groups is 1. The van der Waals surface area contributed by atoms with Crippen LogP contribution in [0.25, 0.3) is 0 Å². The van der Waals surface area contributed by atoms with Crippen molar-refractivity contribution < 1.29 is 9.53 Å². The molecular formula is C12H23N3O2. The van der Waals surface area contributed by atoms with Gasteiger partial charge in [-0.1, -0.05) is 0 Å². The van der Waals surface area contributed by atoms with E-state index in [1.165, 1.54) is 6.42 Å². The molecule has 0 spiro atoms. The molecule has 2 rings (SSSR count). The third-order valence-electron chi connectivity index (χ3n) is 3.88. The highest BCUT2D eigenvalue weighted by molar-refractivity contribution is 5.80. The lowest BCUT2D eigenvalue weighted by Crippen LogP contribution is -2.51. The van der Waals surface area contributed by atoms with Crippen molar-refractivity contribution in [3.63, 3.8) is 0 Å². The third kappa shape index (κ3) is 2.78. The molecule has 0 aliphatic carbocycles. The Balaban J connectivity index is 1.94. The van der Waals surface area contributed by atoms with Crippen LogP contribution in [0.1, 0.15) is 12.8 Å². The molecule has 0 aromatic heterocycles. The van der Waals surface area contributed by atoms with Crippen molar-refractivity contribution in [1.29, 1.82) is 0 Å². The van der Waals surface area contributed by atoms with E-state index in [0.29, 0.717) is 19.3 Å². The predicted molar refractivity (Wildman–Crippen MR) is 65.6 cm³/mol. The fraction of sp³-hybridized carbons (Fsp3) is 0.917. The molecule has 2 aliphatic heterocycles. The molecule has 2 heterocycles. The third-order valence-corrected chi connectivity index (χ3v) is 3.88. The maximum atomic E-state index is 12.3. The molecule has 0 bridgehead atoms. The Morgan fingerprint density at radius 2 is 2.18 bits per heavy atom. The summed E-state index contributed by atoms with van der Waals surface area (Å²) in [7, 11) is 4.14. The quantitative estimate of drug-likeness (QED) is 0.709. The highest BCUT2D eigenvalue weighted by atomic mass is 16.5. The molecule has 2 saturated heterocycles. The maximum absolute atomic E-state index is 12.3. The number of nitrogens with two attached hydrogens (primary N) is 1. The van der Waals surface area contributed by atoms with Crippen molar-refractivity contribution in [2.45, 2.75) is 24.9 Å². The number of likely N-dealkylation sites (N-methyl/N-ethyl adjacent to an activating group) is 1. The van der Waals surface area contributed by atoms with Crippen LogP contribution in [0.15, 0.2) is 0 Å². The van der Waals surface area contributed by atoms with E-state index >= 15 is 0 Å². The minimum absolute atomic E-state index is 0.123. The number of likely N-dealkylation sites (tertiary alicyclic amines) is 1. The maximum Gasteiger partial charge on any atom is 0.229 e. The molecule has 0 saturated carbocycles. The molecule has 98 valence electrons. The number of amides is 1. The van der Waals surface area contributed by atoms with Crippen LogP contribution >= 0.6 is 0 Å². The van der Waals surface area contributed by atoms with Crippen molar-refractivity contribution in [3.05, 3.63) is 0 Å². The largest absolute Gasteiger partial charge is 0.379 e. The fourth-order valence-electron chi connectivity index (χ4n) is 2.64. The Morgan fingerprint density at radius 1 is 1.41 bits per heavy atom. The van der Waals surface area contributed by atoms with E-state index in [4.69, 9.17) is 10.5 Å². The van der Waals surface area contributed by atoms with Gasteiger partial charge in [-0.05, 0) is 26.9 Å². The summed E-state index contributed by atoms with van der Waals surface area (Å²) in [5.41, 5.74) is 5.90. The van der Waals surface area contributed by atoms with Crippen LogP contribution in [0.4, 0.5) is 0 Å². The summed E-state index contributed by atoms with van der Waals surface area (Å²) in [5, 5.41) is 0. The van der Waals surface area contributed by atoms with Crippen molar-refractivity contribution in [3.8, 4) is 0 Å². The summed E-state index contributed by atoms with van der Waals surface area (Å²) in [6.45, 7) is 2.70. The van der Waals surface area contributed by atoms with E-state index in [1.807, 2.05) is 4.90 Å². The van der Waals surface area contributed by atoms with E-state index in [9.17, 15) is 4.79 Å². The minimum Gasteiger partial charge on any atom is -0.379 e. The molecule has 2 aliphatic rings. The Morgan fingerprint density at radius 3 is 2.76 bits per heavy atom. The van der Waals surface area contributed by atoms with Gasteiger partial charge >= 0.3 is 0 Å². The molecule has 3 unspecified atom stereocenters. The van der Waals surface area contributed by atoms with Crippen molar-refractivity contribution >= 4 is 5.91 Å². The summed E-state index contributed by atoms with van der Waals surface area (Å²) in [6.07, 6.45) is 2.25. The Bertz CT molecular complexity index is 283. The predicted octanol–water partition coefficient (Wildman–Crippen LogP) is -0.487. The normalized spacial score (nSPS) is 34.4. The summed E-state index contributed by atoms with van der Waals surface area (Å²) in [5.74, 6) is 0.0532. The second kappa shape index (κ2) is 5.33. The average molecular weight is 241 g/mol. The lowest BCUT2D eigenvalue weighted by atomic mass is 9.99. The number of carbonyl (C=O) groups excluding carboxylic acids is 1. The Kier molecular flexibility index (Phi) is 4.01. The number of piperidine rings is 1. The van der Waals surface area contributed by atoms with Gasteiger partial charge in [0.05, 0.1) is 19.1 Å². The molecule has 0 radical (unpaired) electrons. The molecule has 0 aromatic carbocycles. The summed E-state index contributed by atoms with van der Waals surface area (Å²) < 4.78 is 5.27. The second-order valence-corrected chi connectivity index (χ2v) is 5.35. The van der Waals surface area contributed by atoms with Crippen LogP contribution in [-0.2, 0) is 9.53 Å². The number of ether oxygens (including phenoxy) is 1. The van der Waals surface area contributed by atoms with Gasteiger partial charge in [0.1, 0.15) is 0 Å². The van der Waals surface area contributed by atoms with Gasteiger partial charge in [-0.3, -0.25) is 4.79 Å². The van der Waals surface area contributed by atoms with Crippen LogP contribution < -0.4 is 5.73 Å². The number of hydrogen-bond donors (Lipinski definition) is 1. The van der Waals surface area contributed by atoms with E-state index in [0.717, 1.165) is 19.5 Å². The lowest BCUT2D eigenvalue weighted by Gasteiger charge is -2.37. The standard InChI is InChI=1S/C12H23N3O2/c1-14(2)9-4-3-5-15(6-9)12(16)10-7-17-8-11(10)13/h9-11H,3-8,13H2,1-2H3. The first-order valence-corrected chi connectivity index (χ1v) is 6.38.